The van der Waals surface area contributed by atoms with Crippen molar-refractivity contribution in [2.45, 2.75) is 37.3 Å². The normalized spacial score (nSPS) is 29.3. The Bertz CT molecular complexity index is 318. The van der Waals surface area contributed by atoms with Gasteiger partial charge in [-0.15, -0.1) is 0 Å². The van der Waals surface area contributed by atoms with E-state index in [2.05, 4.69) is 4.72 Å². The molecule has 1 saturated heterocycles. The zero-order valence-electron chi connectivity index (χ0n) is 8.74. The third kappa shape index (κ3) is 2.90. The van der Waals surface area contributed by atoms with Crippen molar-refractivity contribution >= 4 is 10.0 Å². The van der Waals surface area contributed by atoms with E-state index in [9.17, 15) is 8.42 Å². The summed E-state index contributed by atoms with van der Waals surface area (Å²) >= 11 is 0. The van der Waals surface area contributed by atoms with Gasteiger partial charge in [-0.1, -0.05) is 0 Å². The highest BCUT2D eigenvalue weighted by molar-refractivity contribution is 7.89. The monoisotopic (exact) mass is 234 g/mol. The van der Waals surface area contributed by atoms with E-state index in [-0.39, 0.29) is 17.4 Å². The van der Waals surface area contributed by atoms with Crippen LogP contribution in [-0.4, -0.2) is 39.0 Å². The van der Waals surface area contributed by atoms with E-state index in [1.165, 1.54) is 0 Å². The molecule has 1 unspecified atom stereocenters. The van der Waals surface area contributed by atoms with Gasteiger partial charge in [0.2, 0.25) is 10.0 Å². The van der Waals surface area contributed by atoms with Crippen molar-refractivity contribution in [1.82, 2.24) is 4.72 Å². The highest BCUT2D eigenvalue weighted by Crippen LogP contribution is 2.34. The largest absolute Gasteiger partial charge is 0.377 e. The third-order valence-corrected chi connectivity index (χ3v) is 4.60. The first-order valence-electron chi connectivity index (χ1n) is 5.39. The average molecular weight is 234 g/mol. The van der Waals surface area contributed by atoms with Crippen LogP contribution in [0.15, 0.2) is 0 Å². The summed E-state index contributed by atoms with van der Waals surface area (Å²) in [4.78, 5) is 0. The number of hydrogen-bond acceptors (Lipinski definition) is 4. The first kappa shape index (κ1) is 11.3. The fraction of sp³-hybridized carbons (Fsp3) is 1.00. The van der Waals surface area contributed by atoms with Gasteiger partial charge in [0, 0.05) is 18.7 Å². The van der Waals surface area contributed by atoms with Crippen LogP contribution in [0.2, 0.25) is 0 Å². The number of sulfonamides is 1. The summed E-state index contributed by atoms with van der Waals surface area (Å²) in [6.07, 6.45) is 3.39. The molecule has 1 saturated carbocycles. The molecule has 88 valence electrons. The SMILES string of the molecule is NCC1(NS(=O)(=O)CC2CCCO2)CC1. The molecule has 0 spiro atoms. The Morgan fingerprint density at radius 1 is 1.47 bits per heavy atom. The molecule has 1 atom stereocenters. The lowest BCUT2D eigenvalue weighted by molar-refractivity contribution is 0.127. The van der Waals surface area contributed by atoms with Gasteiger partial charge in [0.15, 0.2) is 0 Å². The van der Waals surface area contributed by atoms with Crippen LogP contribution < -0.4 is 10.5 Å². The molecule has 1 aliphatic carbocycles. The summed E-state index contributed by atoms with van der Waals surface area (Å²) in [5.74, 6) is 0.0781. The minimum absolute atomic E-state index is 0.0781. The van der Waals surface area contributed by atoms with Gasteiger partial charge in [0.05, 0.1) is 11.9 Å². The van der Waals surface area contributed by atoms with Crippen LogP contribution in [0.5, 0.6) is 0 Å². The van der Waals surface area contributed by atoms with E-state index in [1.807, 2.05) is 0 Å². The summed E-state index contributed by atoms with van der Waals surface area (Å²) in [6, 6.07) is 0. The smallest absolute Gasteiger partial charge is 0.214 e. The van der Waals surface area contributed by atoms with E-state index in [4.69, 9.17) is 10.5 Å². The average Bonchev–Trinajstić information content (AvgIpc) is 2.72. The molecular formula is C9H18N2O3S. The lowest BCUT2D eigenvalue weighted by Gasteiger charge is -2.17. The van der Waals surface area contributed by atoms with Gasteiger partial charge >= 0.3 is 0 Å². The Morgan fingerprint density at radius 3 is 2.67 bits per heavy atom. The summed E-state index contributed by atoms with van der Waals surface area (Å²) in [5.41, 5.74) is 5.19. The van der Waals surface area contributed by atoms with Gasteiger partial charge in [-0.2, -0.15) is 0 Å². The van der Waals surface area contributed by atoms with Crippen LogP contribution in [-0.2, 0) is 14.8 Å². The maximum Gasteiger partial charge on any atom is 0.214 e. The molecule has 1 aliphatic heterocycles. The molecule has 2 fully saturated rings. The summed E-state index contributed by atoms with van der Waals surface area (Å²) < 4.78 is 31.5. The predicted molar refractivity (Wildman–Crippen MR) is 56.9 cm³/mol. The van der Waals surface area contributed by atoms with Crippen molar-refractivity contribution in [2.24, 2.45) is 5.73 Å². The van der Waals surface area contributed by atoms with Gasteiger partial charge in [0.25, 0.3) is 0 Å². The van der Waals surface area contributed by atoms with Crippen LogP contribution in [0.25, 0.3) is 0 Å². The number of nitrogens with one attached hydrogen (secondary N) is 1. The molecule has 0 radical (unpaired) electrons. The van der Waals surface area contributed by atoms with E-state index >= 15 is 0 Å². The molecule has 15 heavy (non-hydrogen) atoms. The highest BCUT2D eigenvalue weighted by atomic mass is 32.2. The van der Waals surface area contributed by atoms with Crippen molar-refractivity contribution in [3.63, 3.8) is 0 Å². The molecule has 2 aliphatic rings. The standard InChI is InChI=1S/C9H18N2O3S/c10-7-9(3-4-9)11-15(12,13)6-8-2-1-5-14-8/h8,11H,1-7,10H2. The summed E-state index contributed by atoms with van der Waals surface area (Å²) in [7, 11) is -3.23. The number of ether oxygens (including phenoxy) is 1. The van der Waals surface area contributed by atoms with Gasteiger partial charge in [-0.05, 0) is 25.7 Å². The zero-order chi connectivity index (χ0) is 10.9. The van der Waals surface area contributed by atoms with Gasteiger partial charge in [-0.25, -0.2) is 13.1 Å². The van der Waals surface area contributed by atoms with Crippen molar-refractivity contribution < 1.29 is 13.2 Å². The third-order valence-electron chi connectivity index (χ3n) is 3.05. The molecule has 0 bridgehead atoms. The molecule has 6 heteroatoms. The fourth-order valence-electron chi connectivity index (χ4n) is 1.89. The zero-order valence-corrected chi connectivity index (χ0v) is 9.55. The predicted octanol–water partition coefficient (Wildman–Crippen LogP) is -0.424. The lowest BCUT2D eigenvalue weighted by atomic mass is 10.3. The van der Waals surface area contributed by atoms with E-state index in [1.54, 1.807) is 0 Å². The van der Waals surface area contributed by atoms with E-state index in [0.717, 1.165) is 25.7 Å². The van der Waals surface area contributed by atoms with Crippen molar-refractivity contribution in [1.29, 1.82) is 0 Å². The van der Waals surface area contributed by atoms with Crippen LogP contribution in [0, 0.1) is 0 Å². The van der Waals surface area contributed by atoms with Crippen LogP contribution in [0.3, 0.4) is 0 Å². The Morgan fingerprint density at radius 2 is 2.20 bits per heavy atom. The summed E-state index contributed by atoms with van der Waals surface area (Å²) in [5, 5.41) is 0. The molecule has 0 aromatic rings. The van der Waals surface area contributed by atoms with E-state index in [0.29, 0.717) is 13.2 Å². The van der Waals surface area contributed by atoms with Crippen molar-refractivity contribution in [2.75, 3.05) is 18.9 Å². The Hall–Kier alpha value is -0.170. The Labute approximate surface area is 90.4 Å². The first-order valence-corrected chi connectivity index (χ1v) is 7.04. The maximum absolute atomic E-state index is 11.8. The molecule has 3 N–H and O–H groups in total. The molecular weight excluding hydrogens is 216 g/mol. The van der Waals surface area contributed by atoms with E-state index < -0.39 is 10.0 Å². The quantitative estimate of drug-likeness (QED) is 0.676. The molecule has 1 heterocycles. The molecule has 5 nitrogen and oxygen atoms in total. The second kappa shape index (κ2) is 4.01. The van der Waals surface area contributed by atoms with Crippen molar-refractivity contribution in [3.8, 4) is 0 Å². The fourth-order valence-corrected chi connectivity index (χ4v) is 3.67. The molecule has 0 amide bonds. The number of nitrogens with two attached hydrogens (primary N) is 1. The van der Waals surface area contributed by atoms with Gasteiger partial charge < -0.3 is 10.5 Å². The second-order valence-electron chi connectivity index (χ2n) is 4.50. The number of hydrogen-bond donors (Lipinski definition) is 2. The number of rotatable bonds is 5. The minimum atomic E-state index is -3.23. The Balaban J connectivity index is 1.89. The molecule has 0 aromatic carbocycles. The first-order chi connectivity index (χ1) is 7.05. The molecule has 2 rings (SSSR count). The maximum atomic E-state index is 11.8. The van der Waals surface area contributed by atoms with Crippen LogP contribution in [0.1, 0.15) is 25.7 Å². The van der Waals surface area contributed by atoms with Crippen molar-refractivity contribution in [3.05, 3.63) is 0 Å². The second-order valence-corrected chi connectivity index (χ2v) is 6.27. The van der Waals surface area contributed by atoms with Gasteiger partial charge in [-0.3, -0.25) is 0 Å². The molecule has 0 aromatic heterocycles. The minimum Gasteiger partial charge on any atom is -0.377 e. The lowest BCUT2D eigenvalue weighted by Crippen LogP contribution is -2.44. The highest BCUT2D eigenvalue weighted by Gasteiger charge is 2.44. The van der Waals surface area contributed by atoms with Crippen LogP contribution >= 0.6 is 0 Å². The summed E-state index contributed by atoms with van der Waals surface area (Å²) in [6.45, 7) is 1.07. The van der Waals surface area contributed by atoms with Gasteiger partial charge in [0.1, 0.15) is 0 Å². The Kier molecular flexibility index (Phi) is 3.03. The van der Waals surface area contributed by atoms with Crippen LogP contribution in [0.4, 0.5) is 0 Å². The topological polar surface area (TPSA) is 81.4 Å².